The molecule has 1 N–H and O–H groups in total. The summed E-state index contributed by atoms with van der Waals surface area (Å²) in [5.74, 6) is 0.761. The fourth-order valence-electron chi connectivity index (χ4n) is 5.11. The number of benzene rings is 2. The van der Waals surface area contributed by atoms with Gasteiger partial charge in [-0.05, 0) is 56.0 Å². The van der Waals surface area contributed by atoms with E-state index in [2.05, 4.69) is 23.3 Å². The van der Waals surface area contributed by atoms with Crippen molar-refractivity contribution in [3.63, 3.8) is 0 Å². The highest BCUT2D eigenvalue weighted by atomic mass is 35.5. The molecule has 7 heteroatoms. The van der Waals surface area contributed by atoms with Gasteiger partial charge in [0.25, 0.3) is 0 Å². The quantitative estimate of drug-likeness (QED) is 0.396. The van der Waals surface area contributed by atoms with Gasteiger partial charge in [0.05, 0.1) is 32.9 Å². The minimum atomic E-state index is -0.855. The Balaban J connectivity index is 1.99. The summed E-state index contributed by atoms with van der Waals surface area (Å²) in [4.78, 5) is 7.09. The van der Waals surface area contributed by atoms with Crippen molar-refractivity contribution >= 4 is 57.5 Å². The Morgan fingerprint density at radius 2 is 1.81 bits per heavy atom. The molecular weight excluding hydrogens is 453 g/mol. The van der Waals surface area contributed by atoms with Crippen molar-refractivity contribution in [3.8, 4) is 0 Å². The summed E-state index contributed by atoms with van der Waals surface area (Å²) in [7, 11) is 0. The Morgan fingerprint density at radius 1 is 1.10 bits per heavy atom. The van der Waals surface area contributed by atoms with Crippen LogP contribution in [0, 0.1) is 6.92 Å². The van der Waals surface area contributed by atoms with E-state index in [0.29, 0.717) is 27.9 Å². The van der Waals surface area contributed by atoms with E-state index in [4.69, 9.17) is 39.8 Å². The van der Waals surface area contributed by atoms with Gasteiger partial charge in [-0.3, -0.25) is 0 Å². The van der Waals surface area contributed by atoms with Crippen LogP contribution >= 0.6 is 34.8 Å². The van der Waals surface area contributed by atoms with Gasteiger partial charge in [0.2, 0.25) is 5.95 Å². The lowest BCUT2D eigenvalue weighted by molar-refractivity contribution is -0.00954. The van der Waals surface area contributed by atoms with E-state index in [1.54, 1.807) is 6.07 Å². The highest BCUT2D eigenvalue weighted by Crippen LogP contribution is 2.46. The van der Waals surface area contributed by atoms with Crippen LogP contribution in [0.5, 0.6) is 0 Å². The molecule has 0 aliphatic carbocycles. The molecule has 3 aromatic rings. The molecule has 4 rings (SSSR count). The number of aryl methyl sites for hydroxylation is 2. The van der Waals surface area contributed by atoms with Gasteiger partial charge in [-0.15, -0.1) is 0 Å². The number of rotatable bonds is 6. The molecule has 1 aliphatic rings. The number of fused-ring (bicyclic) bond motifs is 3. The minimum absolute atomic E-state index is 0.159. The van der Waals surface area contributed by atoms with E-state index in [-0.39, 0.29) is 6.04 Å². The van der Waals surface area contributed by atoms with Crippen molar-refractivity contribution in [3.05, 3.63) is 51.0 Å². The molecule has 4 nitrogen and oxygen atoms in total. The summed E-state index contributed by atoms with van der Waals surface area (Å²) in [6.07, 6.45) is 4.01. The average Bonchev–Trinajstić information content (AvgIpc) is 3.08. The predicted molar refractivity (Wildman–Crippen MR) is 131 cm³/mol. The Morgan fingerprint density at radius 3 is 2.45 bits per heavy atom. The summed E-state index contributed by atoms with van der Waals surface area (Å²) in [5.41, 5.74) is 2.69. The number of aromatic nitrogens is 2. The number of hydrogen-bond acceptors (Lipinski definition) is 3. The third-order valence-corrected chi connectivity index (χ3v) is 7.12. The molecule has 0 spiro atoms. The van der Waals surface area contributed by atoms with Crippen LogP contribution in [0.1, 0.15) is 51.5 Å². The van der Waals surface area contributed by atoms with Crippen LogP contribution in [0.15, 0.2) is 30.3 Å². The molecule has 2 heterocycles. The first-order valence-corrected chi connectivity index (χ1v) is 12.1. The molecule has 166 valence electrons. The monoisotopic (exact) mass is 479 g/mol. The lowest BCUT2D eigenvalue weighted by Crippen LogP contribution is -2.54. The van der Waals surface area contributed by atoms with Crippen LogP contribution < -0.4 is 4.90 Å². The number of imidazole rings is 1. The van der Waals surface area contributed by atoms with Crippen molar-refractivity contribution in [1.82, 2.24) is 9.55 Å². The minimum Gasteiger partial charge on any atom is -0.388 e. The highest BCUT2D eigenvalue weighted by Gasteiger charge is 2.44. The Labute approximate surface area is 198 Å². The van der Waals surface area contributed by atoms with Crippen LogP contribution in [-0.4, -0.2) is 26.3 Å². The summed E-state index contributed by atoms with van der Waals surface area (Å²) in [6, 6.07) is 9.35. The molecule has 1 aromatic heterocycles. The topological polar surface area (TPSA) is 41.3 Å². The molecular formula is C24H28Cl3N3O. The zero-order valence-electron chi connectivity index (χ0n) is 18.1. The molecule has 0 bridgehead atoms. The van der Waals surface area contributed by atoms with Gasteiger partial charge in [0.1, 0.15) is 5.52 Å². The van der Waals surface area contributed by atoms with Gasteiger partial charge in [-0.25, -0.2) is 4.98 Å². The SMILES string of the molecule is CCCC(O)(CCC)C1CCn2c(nc3c(Cl)cccc32)N1c1c(C)cc(Cl)cc1Cl. The van der Waals surface area contributed by atoms with Crippen molar-refractivity contribution in [2.24, 2.45) is 0 Å². The molecule has 2 aromatic carbocycles. The van der Waals surface area contributed by atoms with Gasteiger partial charge in [0, 0.05) is 11.6 Å². The Kier molecular flexibility index (Phi) is 6.47. The summed E-state index contributed by atoms with van der Waals surface area (Å²) >= 11 is 19.5. The maximum Gasteiger partial charge on any atom is 0.211 e. The van der Waals surface area contributed by atoms with E-state index in [9.17, 15) is 5.11 Å². The van der Waals surface area contributed by atoms with E-state index in [1.807, 2.05) is 31.2 Å². The van der Waals surface area contributed by atoms with Gasteiger partial charge >= 0.3 is 0 Å². The van der Waals surface area contributed by atoms with Crippen molar-refractivity contribution < 1.29 is 5.11 Å². The molecule has 0 saturated heterocycles. The fraction of sp³-hybridized carbons (Fsp3) is 0.458. The third-order valence-electron chi connectivity index (χ3n) is 6.31. The van der Waals surface area contributed by atoms with Gasteiger partial charge in [-0.2, -0.15) is 0 Å². The maximum absolute atomic E-state index is 11.9. The number of halogens is 3. The molecule has 1 atom stereocenters. The van der Waals surface area contributed by atoms with Gasteiger partial charge < -0.3 is 14.6 Å². The molecule has 0 amide bonds. The lowest BCUT2D eigenvalue weighted by Gasteiger charge is -2.47. The standard InChI is InChI=1S/C24H28Cl3N3O/c1-4-10-24(31,11-5-2)20-9-12-29-19-8-6-7-17(26)21(19)28-23(29)30(20)22-15(3)13-16(25)14-18(22)27/h6-8,13-14,20,31H,4-5,9-12H2,1-3H3. The second-order valence-corrected chi connectivity index (χ2v) is 9.75. The first-order chi connectivity index (χ1) is 14.8. The van der Waals surface area contributed by atoms with E-state index in [0.717, 1.165) is 54.0 Å². The van der Waals surface area contributed by atoms with E-state index < -0.39 is 5.60 Å². The summed E-state index contributed by atoms with van der Waals surface area (Å²) in [5, 5.41) is 13.6. The zero-order valence-corrected chi connectivity index (χ0v) is 20.4. The second-order valence-electron chi connectivity index (χ2n) is 8.50. The first kappa shape index (κ1) is 22.7. The summed E-state index contributed by atoms with van der Waals surface area (Å²) < 4.78 is 2.18. The Bertz CT molecular complexity index is 1080. The third kappa shape index (κ3) is 3.93. The number of aliphatic hydroxyl groups is 1. The average molecular weight is 481 g/mol. The van der Waals surface area contributed by atoms with E-state index in [1.165, 1.54) is 0 Å². The van der Waals surface area contributed by atoms with Crippen LogP contribution in [0.2, 0.25) is 15.1 Å². The normalized spacial score (nSPS) is 16.7. The first-order valence-electron chi connectivity index (χ1n) is 10.9. The molecule has 0 saturated carbocycles. The fourth-order valence-corrected chi connectivity index (χ4v) is 6.01. The van der Waals surface area contributed by atoms with Crippen molar-refractivity contribution in [1.29, 1.82) is 0 Å². The van der Waals surface area contributed by atoms with Crippen LogP contribution in [0.25, 0.3) is 11.0 Å². The summed E-state index contributed by atoms with van der Waals surface area (Å²) in [6.45, 7) is 6.98. The molecule has 1 aliphatic heterocycles. The number of hydrogen-bond donors (Lipinski definition) is 1. The van der Waals surface area contributed by atoms with Gasteiger partial charge in [0.15, 0.2) is 0 Å². The number of para-hydroxylation sites is 1. The lowest BCUT2D eigenvalue weighted by atomic mass is 9.81. The molecule has 31 heavy (non-hydrogen) atoms. The second kappa shape index (κ2) is 8.82. The van der Waals surface area contributed by atoms with Crippen LogP contribution in [-0.2, 0) is 6.54 Å². The Hall–Kier alpha value is -1.46. The largest absolute Gasteiger partial charge is 0.388 e. The van der Waals surface area contributed by atoms with Crippen molar-refractivity contribution in [2.45, 2.75) is 71.1 Å². The smallest absolute Gasteiger partial charge is 0.211 e. The van der Waals surface area contributed by atoms with Crippen LogP contribution in [0.4, 0.5) is 11.6 Å². The maximum atomic E-state index is 11.9. The zero-order chi connectivity index (χ0) is 22.3. The van der Waals surface area contributed by atoms with Gasteiger partial charge in [-0.1, -0.05) is 67.6 Å². The predicted octanol–water partition coefficient (Wildman–Crippen LogP) is 7.55. The molecule has 1 unspecified atom stereocenters. The molecule has 0 fully saturated rings. The highest BCUT2D eigenvalue weighted by molar-refractivity contribution is 6.37. The van der Waals surface area contributed by atoms with E-state index >= 15 is 0 Å². The number of nitrogens with zero attached hydrogens (tertiary/aromatic N) is 3. The molecule has 0 radical (unpaired) electrons. The van der Waals surface area contributed by atoms with Crippen molar-refractivity contribution in [2.75, 3.05) is 4.90 Å². The van der Waals surface area contributed by atoms with Crippen LogP contribution in [0.3, 0.4) is 0 Å². The number of anilines is 2.